The summed E-state index contributed by atoms with van der Waals surface area (Å²) in [6.07, 6.45) is 3.84. The SMILES string of the molecule is CC(=O)Nc1ccc(-n2ncnc2[C@@H](C)NC(=O)c2cc(Cl)cc(S(C)(=O)=O)c2)nc1.S. The second-order valence-electron chi connectivity index (χ2n) is 6.76. The molecule has 3 rings (SSSR count). The van der Waals surface area contributed by atoms with Crippen molar-refractivity contribution in [2.24, 2.45) is 0 Å². The molecule has 0 radical (unpaired) electrons. The molecular formula is C19H21ClN6O4S2. The van der Waals surface area contributed by atoms with Crippen molar-refractivity contribution >= 4 is 52.4 Å². The smallest absolute Gasteiger partial charge is 0.251 e. The summed E-state index contributed by atoms with van der Waals surface area (Å²) in [7, 11) is -3.53. The van der Waals surface area contributed by atoms with Crippen LogP contribution < -0.4 is 10.6 Å². The highest BCUT2D eigenvalue weighted by Crippen LogP contribution is 2.21. The zero-order chi connectivity index (χ0) is 22.8. The van der Waals surface area contributed by atoms with E-state index >= 15 is 0 Å². The molecule has 0 bridgehead atoms. The topological polar surface area (TPSA) is 136 Å². The molecule has 2 amide bonds. The molecule has 2 aromatic heterocycles. The van der Waals surface area contributed by atoms with Crippen molar-refractivity contribution in [3.8, 4) is 5.82 Å². The van der Waals surface area contributed by atoms with Gasteiger partial charge >= 0.3 is 0 Å². The predicted molar refractivity (Wildman–Crippen MR) is 124 cm³/mol. The van der Waals surface area contributed by atoms with Gasteiger partial charge in [-0.1, -0.05) is 11.6 Å². The van der Waals surface area contributed by atoms with Gasteiger partial charge in [0.05, 0.1) is 22.8 Å². The number of pyridine rings is 1. The van der Waals surface area contributed by atoms with E-state index in [1.165, 1.54) is 42.3 Å². The summed E-state index contributed by atoms with van der Waals surface area (Å²) in [5.74, 6) is 0.0964. The summed E-state index contributed by atoms with van der Waals surface area (Å²) in [4.78, 5) is 32.2. The Bertz CT molecular complexity index is 1240. The van der Waals surface area contributed by atoms with E-state index < -0.39 is 21.8 Å². The average molecular weight is 497 g/mol. The molecule has 13 heteroatoms. The van der Waals surface area contributed by atoms with Gasteiger partial charge in [-0.15, -0.1) is 0 Å². The third kappa shape index (κ3) is 6.05. The molecule has 0 saturated heterocycles. The zero-order valence-corrected chi connectivity index (χ0v) is 19.9. The Morgan fingerprint density at radius 1 is 1.16 bits per heavy atom. The lowest BCUT2D eigenvalue weighted by atomic mass is 10.2. The van der Waals surface area contributed by atoms with Crippen molar-refractivity contribution in [2.75, 3.05) is 11.6 Å². The largest absolute Gasteiger partial charge is 0.342 e. The maximum absolute atomic E-state index is 12.7. The van der Waals surface area contributed by atoms with Gasteiger partial charge in [-0.05, 0) is 37.3 Å². The number of rotatable bonds is 6. The Balaban J connectivity index is 0.00000363. The molecule has 0 spiro atoms. The quantitative estimate of drug-likeness (QED) is 0.534. The van der Waals surface area contributed by atoms with Crippen LogP contribution in [0.2, 0.25) is 5.02 Å². The van der Waals surface area contributed by atoms with Crippen LogP contribution in [0.5, 0.6) is 0 Å². The van der Waals surface area contributed by atoms with Gasteiger partial charge in [0.25, 0.3) is 5.91 Å². The van der Waals surface area contributed by atoms with Crippen LogP contribution in [-0.2, 0) is 14.6 Å². The molecule has 1 atom stereocenters. The summed E-state index contributed by atoms with van der Waals surface area (Å²) < 4.78 is 25.1. The first-order valence-electron chi connectivity index (χ1n) is 9.00. The lowest BCUT2D eigenvalue weighted by molar-refractivity contribution is -0.114. The summed E-state index contributed by atoms with van der Waals surface area (Å²) in [5.41, 5.74) is 0.630. The van der Waals surface area contributed by atoms with Gasteiger partial charge in [0.2, 0.25) is 5.91 Å². The van der Waals surface area contributed by atoms with Crippen LogP contribution in [0.4, 0.5) is 5.69 Å². The van der Waals surface area contributed by atoms with Gasteiger partial charge in [-0.2, -0.15) is 23.3 Å². The Hall–Kier alpha value is -2.96. The molecule has 170 valence electrons. The number of nitrogens with zero attached hydrogens (tertiary/aromatic N) is 4. The van der Waals surface area contributed by atoms with Gasteiger partial charge in [0, 0.05) is 23.8 Å². The molecule has 1 aromatic carbocycles. The molecular weight excluding hydrogens is 476 g/mol. The number of amides is 2. The molecule has 0 aliphatic rings. The molecule has 0 aliphatic heterocycles. The number of hydrogen-bond acceptors (Lipinski definition) is 7. The van der Waals surface area contributed by atoms with Crippen molar-refractivity contribution in [1.82, 2.24) is 25.1 Å². The van der Waals surface area contributed by atoms with Crippen molar-refractivity contribution in [2.45, 2.75) is 24.8 Å². The Labute approximate surface area is 196 Å². The minimum absolute atomic E-state index is 0. The Kier molecular flexibility index (Phi) is 7.99. The number of hydrogen-bond donors (Lipinski definition) is 2. The number of carbonyl (C=O) groups excluding carboxylic acids is 2. The van der Waals surface area contributed by atoms with Crippen molar-refractivity contribution in [3.05, 3.63) is 59.3 Å². The molecule has 3 aromatic rings. The van der Waals surface area contributed by atoms with Crippen molar-refractivity contribution in [3.63, 3.8) is 0 Å². The van der Waals surface area contributed by atoms with E-state index in [0.717, 1.165) is 6.26 Å². The van der Waals surface area contributed by atoms with E-state index in [1.54, 1.807) is 19.1 Å². The molecule has 0 aliphatic carbocycles. The van der Waals surface area contributed by atoms with E-state index in [0.29, 0.717) is 17.3 Å². The number of anilines is 1. The number of aromatic nitrogens is 4. The third-order valence-electron chi connectivity index (χ3n) is 4.16. The molecule has 10 nitrogen and oxygen atoms in total. The number of nitrogens with one attached hydrogen (secondary N) is 2. The molecule has 32 heavy (non-hydrogen) atoms. The van der Waals surface area contributed by atoms with Crippen LogP contribution in [-0.4, -0.2) is 46.2 Å². The monoisotopic (exact) mass is 496 g/mol. The third-order valence-corrected chi connectivity index (χ3v) is 5.47. The van der Waals surface area contributed by atoms with Gasteiger partial charge in [-0.3, -0.25) is 9.59 Å². The fourth-order valence-corrected chi connectivity index (χ4v) is 3.75. The van der Waals surface area contributed by atoms with Crippen LogP contribution >= 0.6 is 25.1 Å². The van der Waals surface area contributed by atoms with Crippen LogP contribution in [0.15, 0.2) is 47.8 Å². The summed E-state index contributed by atoms with van der Waals surface area (Å²) in [5, 5.41) is 9.65. The van der Waals surface area contributed by atoms with Crippen LogP contribution in [0.3, 0.4) is 0 Å². The highest BCUT2D eigenvalue weighted by Gasteiger charge is 2.20. The van der Waals surface area contributed by atoms with E-state index in [9.17, 15) is 18.0 Å². The number of sulfone groups is 1. The fraction of sp³-hybridized carbons (Fsp3) is 0.211. The van der Waals surface area contributed by atoms with E-state index in [2.05, 4.69) is 25.7 Å². The van der Waals surface area contributed by atoms with E-state index in [4.69, 9.17) is 11.6 Å². The van der Waals surface area contributed by atoms with Gasteiger partial charge in [0.1, 0.15) is 6.33 Å². The molecule has 2 heterocycles. The highest BCUT2D eigenvalue weighted by molar-refractivity contribution is 7.90. The van der Waals surface area contributed by atoms with Gasteiger partial charge < -0.3 is 10.6 Å². The maximum atomic E-state index is 12.7. The van der Waals surface area contributed by atoms with Crippen LogP contribution in [0.25, 0.3) is 5.82 Å². The minimum atomic E-state index is -3.53. The fourth-order valence-electron chi connectivity index (χ4n) is 2.76. The molecule has 0 fully saturated rings. The maximum Gasteiger partial charge on any atom is 0.251 e. The summed E-state index contributed by atoms with van der Waals surface area (Å²) >= 11 is 5.98. The summed E-state index contributed by atoms with van der Waals surface area (Å²) in [6, 6.07) is 6.64. The van der Waals surface area contributed by atoms with Crippen molar-refractivity contribution < 1.29 is 18.0 Å². The summed E-state index contributed by atoms with van der Waals surface area (Å²) in [6.45, 7) is 3.10. The first-order valence-corrected chi connectivity index (χ1v) is 11.3. The number of halogens is 1. The standard InChI is InChI=1S/C19H19ClN6O4S.H2S/c1-11(24-19(28)13-6-14(20)8-16(7-13)31(3,29)30)18-22-10-23-26(18)17-5-4-15(9-21-17)25-12(2)27;/h4-11H,1-3H3,(H,24,28)(H,25,27);1H2/t11-;/m1./s1. The lowest BCUT2D eigenvalue weighted by Crippen LogP contribution is -2.29. The normalized spacial score (nSPS) is 11.9. The van der Waals surface area contributed by atoms with Crippen molar-refractivity contribution in [1.29, 1.82) is 0 Å². The minimum Gasteiger partial charge on any atom is -0.342 e. The molecule has 0 unspecified atom stereocenters. The average Bonchev–Trinajstić information content (AvgIpc) is 3.17. The highest BCUT2D eigenvalue weighted by atomic mass is 35.5. The molecule has 0 saturated carbocycles. The second kappa shape index (κ2) is 10.1. The zero-order valence-electron chi connectivity index (χ0n) is 17.3. The van der Waals surface area contributed by atoms with E-state index in [-0.39, 0.29) is 34.9 Å². The van der Waals surface area contributed by atoms with Gasteiger partial charge in [0.15, 0.2) is 21.5 Å². The first-order chi connectivity index (χ1) is 14.5. The van der Waals surface area contributed by atoms with Crippen LogP contribution in [0.1, 0.15) is 36.1 Å². The second-order valence-corrected chi connectivity index (χ2v) is 9.21. The molecule has 2 N–H and O–H groups in total. The first kappa shape index (κ1) is 25.3. The number of benzene rings is 1. The Morgan fingerprint density at radius 2 is 1.88 bits per heavy atom. The number of carbonyl (C=O) groups is 2. The lowest BCUT2D eigenvalue weighted by Gasteiger charge is -2.15. The predicted octanol–water partition coefficient (Wildman–Crippen LogP) is 2.28. The Morgan fingerprint density at radius 3 is 2.47 bits per heavy atom. The van der Waals surface area contributed by atoms with E-state index in [1.807, 2.05) is 0 Å². The van der Waals surface area contributed by atoms with Crippen LogP contribution in [0, 0.1) is 0 Å². The van der Waals surface area contributed by atoms with Gasteiger partial charge in [-0.25, -0.2) is 18.4 Å².